The van der Waals surface area contributed by atoms with Crippen molar-refractivity contribution in [1.82, 2.24) is 4.57 Å². The first-order chi connectivity index (χ1) is 18.6. The number of thiazole rings is 1. The summed E-state index contributed by atoms with van der Waals surface area (Å²) in [6, 6.07) is 10.5. The Bertz CT molecular complexity index is 1600. The summed E-state index contributed by atoms with van der Waals surface area (Å²) in [4.78, 5) is 32.3. The fourth-order valence-corrected chi connectivity index (χ4v) is 6.68. The summed E-state index contributed by atoms with van der Waals surface area (Å²) in [6.07, 6.45) is 3.15. The van der Waals surface area contributed by atoms with Gasteiger partial charge in [-0.05, 0) is 101 Å². The number of esters is 1. The summed E-state index contributed by atoms with van der Waals surface area (Å²) in [5, 5.41) is 0. The van der Waals surface area contributed by atoms with Crippen LogP contribution in [0.4, 0.5) is 0 Å². The van der Waals surface area contributed by atoms with Gasteiger partial charge >= 0.3 is 5.97 Å². The second-order valence-electron chi connectivity index (χ2n) is 8.95. The predicted molar refractivity (Wildman–Crippen MR) is 160 cm³/mol. The van der Waals surface area contributed by atoms with E-state index in [0.29, 0.717) is 45.3 Å². The van der Waals surface area contributed by atoms with Crippen LogP contribution in [0.15, 0.2) is 79.1 Å². The molecular weight excluding hydrogens is 648 g/mol. The number of ether oxygens (including phenoxy) is 3. The number of nitrogens with zero attached hydrogens (tertiary/aromatic N) is 2. The average Bonchev–Trinajstić information content (AvgIpc) is 3.17. The highest BCUT2D eigenvalue weighted by atomic mass is 79.9. The third-order valence-corrected chi connectivity index (χ3v) is 7.92. The van der Waals surface area contributed by atoms with Gasteiger partial charge < -0.3 is 14.2 Å². The minimum absolute atomic E-state index is 0.251. The topological polar surface area (TPSA) is 79.1 Å². The van der Waals surface area contributed by atoms with Gasteiger partial charge in [0.1, 0.15) is 18.1 Å². The van der Waals surface area contributed by atoms with Crippen LogP contribution in [0.3, 0.4) is 0 Å². The van der Waals surface area contributed by atoms with Crippen molar-refractivity contribution in [3.05, 3.63) is 100 Å². The maximum atomic E-state index is 13.9. The molecule has 0 saturated heterocycles. The fraction of sp³-hybridized carbons (Fsp3) is 0.276. The van der Waals surface area contributed by atoms with E-state index in [-0.39, 0.29) is 11.7 Å². The highest BCUT2D eigenvalue weighted by Gasteiger charge is 2.33. The first kappa shape index (κ1) is 29.0. The molecule has 0 spiro atoms. The normalized spacial score (nSPS) is 15.2. The van der Waals surface area contributed by atoms with Crippen molar-refractivity contribution in [1.29, 1.82) is 0 Å². The van der Waals surface area contributed by atoms with Crippen LogP contribution in [0, 0.1) is 0 Å². The zero-order chi connectivity index (χ0) is 28.3. The van der Waals surface area contributed by atoms with Crippen LogP contribution in [-0.4, -0.2) is 29.9 Å². The summed E-state index contributed by atoms with van der Waals surface area (Å²) in [7, 11) is 0. The third-order valence-electron chi connectivity index (χ3n) is 5.76. The minimum Gasteiger partial charge on any atom is -0.494 e. The van der Waals surface area contributed by atoms with Crippen LogP contribution in [0.2, 0.25) is 0 Å². The van der Waals surface area contributed by atoms with E-state index in [1.54, 1.807) is 37.5 Å². The maximum Gasteiger partial charge on any atom is 0.338 e. The molecule has 0 bridgehead atoms. The Morgan fingerprint density at radius 1 is 1.18 bits per heavy atom. The number of hydrogen-bond acceptors (Lipinski definition) is 7. The molecule has 0 fully saturated rings. The molecule has 4 rings (SSSR count). The molecule has 0 radical (unpaired) electrons. The number of benzene rings is 2. The maximum absolute atomic E-state index is 13.9. The van der Waals surface area contributed by atoms with Gasteiger partial charge in [-0.15, -0.1) is 0 Å². The molecule has 10 heteroatoms. The second kappa shape index (κ2) is 12.5. The molecule has 2 heterocycles. The van der Waals surface area contributed by atoms with Crippen LogP contribution in [0.1, 0.15) is 44.9 Å². The zero-order valence-corrected chi connectivity index (χ0v) is 26.0. The van der Waals surface area contributed by atoms with Crippen molar-refractivity contribution in [3.63, 3.8) is 0 Å². The van der Waals surface area contributed by atoms with Gasteiger partial charge in [0.15, 0.2) is 4.80 Å². The second-order valence-corrected chi connectivity index (χ2v) is 11.7. The molecular formula is C29H28Br2N2O5S. The van der Waals surface area contributed by atoms with Crippen molar-refractivity contribution >= 4 is 55.2 Å². The average molecular weight is 676 g/mol. The first-order valence-corrected chi connectivity index (χ1v) is 14.7. The number of halogens is 2. The van der Waals surface area contributed by atoms with Gasteiger partial charge in [0.25, 0.3) is 5.56 Å². The van der Waals surface area contributed by atoms with E-state index in [0.717, 1.165) is 20.1 Å². The molecule has 1 aliphatic heterocycles. The third kappa shape index (κ3) is 6.28. The molecule has 3 aromatic rings. The molecule has 7 nitrogen and oxygen atoms in total. The van der Waals surface area contributed by atoms with Crippen LogP contribution in [0.25, 0.3) is 6.08 Å². The molecule has 204 valence electrons. The number of carbonyl (C=O) groups excluding carboxylic acids is 1. The molecule has 1 aliphatic rings. The molecule has 2 aromatic carbocycles. The Morgan fingerprint density at radius 2 is 1.85 bits per heavy atom. The van der Waals surface area contributed by atoms with E-state index in [2.05, 4.69) is 43.4 Å². The van der Waals surface area contributed by atoms with Gasteiger partial charge in [-0.1, -0.05) is 36.1 Å². The summed E-state index contributed by atoms with van der Waals surface area (Å²) < 4.78 is 20.4. The zero-order valence-electron chi connectivity index (χ0n) is 22.0. The van der Waals surface area contributed by atoms with Crippen molar-refractivity contribution in [2.75, 3.05) is 13.2 Å². The number of fused-ring (bicyclic) bond motifs is 1. The van der Waals surface area contributed by atoms with Crippen LogP contribution in [0.5, 0.6) is 11.5 Å². The number of allylic oxidation sites excluding steroid dienone is 1. The van der Waals surface area contributed by atoms with Crippen LogP contribution < -0.4 is 24.4 Å². The summed E-state index contributed by atoms with van der Waals surface area (Å²) >= 11 is 8.37. The van der Waals surface area contributed by atoms with E-state index >= 15 is 0 Å². The quantitative estimate of drug-likeness (QED) is 0.216. The Labute approximate surface area is 247 Å². The Hall–Kier alpha value is -2.95. The largest absolute Gasteiger partial charge is 0.494 e. The number of rotatable bonds is 9. The van der Waals surface area contributed by atoms with Gasteiger partial charge in [-0.3, -0.25) is 9.36 Å². The molecule has 0 unspecified atom stereocenters. The molecule has 0 N–H and O–H groups in total. The lowest BCUT2D eigenvalue weighted by molar-refractivity contribution is -0.143. The van der Waals surface area contributed by atoms with Gasteiger partial charge in [-0.2, -0.15) is 0 Å². The Morgan fingerprint density at radius 3 is 2.44 bits per heavy atom. The molecule has 0 amide bonds. The van der Waals surface area contributed by atoms with E-state index in [4.69, 9.17) is 14.2 Å². The minimum atomic E-state index is -0.696. The Balaban J connectivity index is 1.87. The SMILES string of the molecule is C=CCOc1c(Br)cc(/C=c2/sc3n(c2=O)[C@@H](c2ccc(OCC)cc2)C(C(=O)OC(C)C)=C(C)N=3)cc1Br. The molecule has 1 atom stereocenters. The van der Waals surface area contributed by atoms with Crippen molar-refractivity contribution in [2.24, 2.45) is 4.99 Å². The van der Waals surface area contributed by atoms with Crippen LogP contribution >= 0.6 is 43.2 Å². The summed E-state index contributed by atoms with van der Waals surface area (Å²) in [5.41, 5.74) is 2.14. The predicted octanol–water partition coefficient (Wildman–Crippen LogP) is 5.68. The van der Waals surface area contributed by atoms with Gasteiger partial charge in [0.2, 0.25) is 0 Å². The first-order valence-electron chi connectivity index (χ1n) is 12.3. The molecule has 39 heavy (non-hydrogen) atoms. The number of hydrogen-bond donors (Lipinski definition) is 0. The van der Waals surface area contributed by atoms with Crippen molar-refractivity contribution < 1.29 is 19.0 Å². The van der Waals surface area contributed by atoms with Crippen molar-refractivity contribution in [2.45, 2.75) is 39.8 Å². The van der Waals surface area contributed by atoms with Crippen molar-refractivity contribution in [3.8, 4) is 11.5 Å². The van der Waals surface area contributed by atoms with E-state index < -0.39 is 12.0 Å². The van der Waals surface area contributed by atoms with Crippen LogP contribution in [-0.2, 0) is 9.53 Å². The lowest BCUT2D eigenvalue weighted by atomic mass is 9.96. The summed E-state index contributed by atoms with van der Waals surface area (Å²) in [5.74, 6) is 0.854. The highest BCUT2D eigenvalue weighted by molar-refractivity contribution is 9.11. The smallest absolute Gasteiger partial charge is 0.338 e. The van der Waals surface area contributed by atoms with E-state index in [1.165, 1.54) is 11.3 Å². The van der Waals surface area contributed by atoms with E-state index in [1.807, 2.05) is 43.3 Å². The number of aromatic nitrogens is 1. The van der Waals surface area contributed by atoms with Gasteiger partial charge in [-0.25, -0.2) is 9.79 Å². The molecule has 1 aromatic heterocycles. The summed E-state index contributed by atoms with van der Waals surface area (Å²) in [6.45, 7) is 11.8. The molecule has 0 saturated carbocycles. The van der Waals surface area contributed by atoms with E-state index in [9.17, 15) is 9.59 Å². The lowest BCUT2D eigenvalue weighted by Gasteiger charge is -2.25. The monoisotopic (exact) mass is 674 g/mol. The van der Waals surface area contributed by atoms with Gasteiger partial charge in [0.05, 0.1) is 43.5 Å². The number of carbonyl (C=O) groups is 1. The standard InChI is InChI=1S/C29H28Br2N2O5S/c1-6-12-37-26-21(30)13-18(14-22(26)31)15-23-27(34)33-25(19-8-10-20(11-9-19)36-7-2)24(28(35)38-16(3)4)17(5)32-29(33)39-23/h6,8-11,13-16,25H,1,7,12H2,2-5H3/b23-15+/t25-/m0/s1. The highest BCUT2D eigenvalue weighted by Crippen LogP contribution is 2.35. The van der Waals surface area contributed by atoms with Gasteiger partial charge in [0, 0.05) is 0 Å². The lowest BCUT2D eigenvalue weighted by Crippen LogP contribution is -2.40. The Kier molecular flexibility index (Phi) is 9.30. The fourth-order valence-electron chi connectivity index (χ4n) is 4.18. The molecule has 0 aliphatic carbocycles.